The summed E-state index contributed by atoms with van der Waals surface area (Å²) in [5.74, 6) is 0.690. The number of phenols is 2. The molecule has 0 amide bonds. The van der Waals surface area contributed by atoms with Crippen molar-refractivity contribution in [3.8, 4) is 28.4 Å². The first-order chi connectivity index (χ1) is 8.11. The standard InChI is InChI=1S/C14H14O3/c1-9-3-5-12(15)11(7-9)10-4-6-13(16)14(8-10)17-2/h3-8,15-16H,1-2H3. The van der Waals surface area contributed by atoms with Crippen molar-refractivity contribution >= 4 is 0 Å². The van der Waals surface area contributed by atoms with Crippen molar-refractivity contribution in [1.29, 1.82) is 0 Å². The van der Waals surface area contributed by atoms with Crippen LogP contribution >= 0.6 is 0 Å². The van der Waals surface area contributed by atoms with E-state index in [2.05, 4.69) is 0 Å². The molecule has 0 fully saturated rings. The van der Waals surface area contributed by atoms with Gasteiger partial charge in [0.2, 0.25) is 0 Å². The number of aromatic hydroxyl groups is 2. The smallest absolute Gasteiger partial charge is 0.161 e. The van der Waals surface area contributed by atoms with E-state index in [1.165, 1.54) is 7.11 Å². The number of hydrogen-bond donors (Lipinski definition) is 2. The molecule has 0 aliphatic heterocycles. The lowest BCUT2D eigenvalue weighted by atomic mass is 10.0. The molecule has 0 unspecified atom stereocenters. The predicted molar refractivity (Wildman–Crippen MR) is 66.5 cm³/mol. The molecule has 17 heavy (non-hydrogen) atoms. The molecule has 2 aromatic rings. The van der Waals surface area contributed by atoms with Gasteiger partial charge in [-0.05, 0) is 36.8 Å². The third-order valence-electron chi connectivity index (χ3n) is 2.64. The Kier molecular flexibility index (Phi) is 2.91. The monoisotopic (exact) mass is 230 g/mol. The minimum Gasteiger partial charge on any atom is -0.507 e. The molecular formula is C14H14O3. The Hall–Kier alpha value is -2.16. The minimum absolute atomic E-state index is 0.0865. The van der Waals surface area contributed by atoms with Gasteiger partial charge < -0.3 is 14.9 Å². The summed E-state index contributed by atoms with van der Waals surface area (Å²) in [6.07, 6.45) is 0. The van der Waals surface area contributed by atoms with Gasteiger partial charge in [-0.3, -0.25) is 0 Å². The fourth-order valence-corrected chi connectivity index (χ4v) is 1.73. The van der Waals surface area contributed by atoms with E-state index in [0.29, 0.717) is 5.75 Å². The van der Waals surface area contributed by atoms with Crippen molar-refractivity contribution in [2.75, 3.05) is 7.11 Å². The van der Waals surface area contributed by atoms with Crippen LogP contribution in [0.2, 0.25) is 0 Å². The fraction of sp³-hybridized carbons (Fsp3) is 0.143. The quantitative estimate of drug-likeness (QED) is 0.833. The van der Waals surface area contributed by atoms with Crippen molar-refractivity contribution < 1.29 is 14.9 Å². The molecule has 0 aromatic heterocycles. The molecule has 0 atom stereocenters. The van der Waals surface area contributed by atoms with Crippen LogP contribution in [0.3, 0.4) is 0 Å². The lowest BCUT2D eigenvalue weighted by molar-refractivity contribution is 0.373. The largest absolute Gasteiger partial charge is 0.507 e. The molecule has 3 heteroatoms. The Morgan fingerprint density at radius 1 is 0.941 bits per heavy atom. The lowest BCUT2D eigenvalue weighted by Crippen LogP contribution is -1.86. The topological polar surface area (TPSA) is 49.7 Å². The van der Waals surface area contributed by atoms with E-state index in [-0.39, 0.29) is 11.5 Å². The minimum atomic E-state index is 0.0865. The van der Waals surface area contributed by atoms with Crippen LogP contribution < -0.4 is 4.74 Å². The first-order valence-electron chi connectivity index (χ1n) is 5.29. The predicted octanol–water partition coefficient (Wildman–Crippen LogP) is 3.08. The van der Waals surface area contributed by atoms with Crippen LogP contribution in [0.4, 0.5) is 0 Å². The number of methoxy groups -OCH3 is 1. The maximum atomic E-state index is 9.82. The summed E-state index contributed by atoms with van der Waals surface area (Å²) in [6, 6.07) is 10.4. The number of phenolic OH excluding ortho intramolecular Hbond substituents is 2. The summed E-state index contributed by atoms with van der Waals surface area (Å²) in [5.41, 5.74) is 2.59. The first kappa shape index (κ1) is 11.3. The van der Waals surface area contributed by atoms with E-state index < -0.39 is 0 Å². The molecule has 2 aromatic carbocycles. The Labute approximate surface area is 99.9 Å². The van der Waals surface area contributed by atoms with Gasteiger partial charge in [0.05, 0.1) is 7.11 Å². The van der Waals surface area contributed by atoms with Crippen LogP contribution in [0, 0.1) is 6.92 Å². The number of benzene rings is 2. The summed E-state index contributed by atoms with van der Waals surface area (Å²) in [6.45, 7) is 1.96. The Morgan fingerprint density at radius 3 is 2.35 bits per heavy atom. The SMILES string of the molecule is COc1cc(-c2cc(C)ccc2O)ccc1O. The maximum absolute atomic E-state index is 9.82. The molecule has 0 spiro atoms. The summed E-state index contributed by atoms with van der Waals surface area (Å²) in [7, 11) is 1.49. The van der Waals surface area contributed by atoms with Crippen molar-refractivity contribution in [1.82, 2.24) is 0 Å². The first-order valence-corrected chi connectivity index (χ1v) is 5.29. The highest BCUT2D eigenvalue weighted by Crippen LogP contribution is 2.35. The normalized spacial score (nSPS) is 10.2. The average Bonchev–Trinajstić information content (AvgIpc) is 2.33. The zero-order chi connectivity index (χ0) is 12.4. The van der Waals surface area contributed by atoms with E-state index >= 15 is 0 Å². The van der Waals surface area contributed by atoms with Crippen molar-refractivity contribution in [2.45, 2.75) is 6.92 Å². The second-order valence-corrected chi connectivity index (χ2v) is 3.91. The second-order valence-electron chi connectivity index (χ2n) is 3.91. The van der Waals surface area contributed by atoms with Crippen LogP contribution in [0.5, 0.6) is 17.2 Å². The van der Waals surface area contributed by atoms with Gasteiger partial charge in [0, 0.05) is 5.56 Å². The van der Waals surface area contributed by atoms with Crippen LogP contribution in [0.25, 0.3) is 11.1 Å². The highest BCUT2D eigenvalue weighted by molar-refractivity contribution is 5.73. The average molecular weight is 230 g/mol. The number of hydrogen-bond acceptors (Lipinski definition) is 3. The van der Waals surface area contributed by atoms with Crippen molar-refractivity contribution in [2.24, 2.45) is 0 Å². The van der Waals surface area contributed by atoms with Crippen LogP contribution in [-0.2, 0) is 0 Å². The van der Waals surface area contributed by atoms with Crippen LogP contribution in [-0.4, -0.2) is 17.3 Å². The van der Waals surface area contributed by atoms with Gasteiger partial charge in [0.15, 0.2) is 11.5 Å². The van der Waals surface area contributed by atoms with Gasteiger partial charge >= 0.3 is 0 Å². The maximum Gasteiger partial charge on any atom is 0.161 e. The van der Waals surface area contributed by atoms with Gasteiger partial charge in [0.25, 0.3) is 0 Å². The molecule has 2 N–H and O–H groups in total. The molecule has 2 rings (SSSR count). The van der Waals surface area contributed by atoms with Crippen molar-refractivity contribution in [3.63, 3.8) is 0 Å². The molecule has 0 aliphatic rings. The van der Waals surface area contributed by atoms with E-state index in [4.69, 9.17) is 4.74 Å². The van der Waals surface area contributed by atoms with E-state index in [1.807, 2.05) is 19.1 Å². The highest BCUT2D eigenvalue weighted by atomic mass is 16.5. The molecular weight excluding hydrogens is 216 g/mol. The number of ether oxygens (including phenoxy) is 1. The summed E-state index contributed by atoms with van der Waals surface area (Å²) in [4.78, 5) is 0. The second kappa shape index (κ2) is 4.37. The number of rotatable bonds is 2. The van der Waals surface area contributed by atoms with Crippen LogP contribution in [0.15, 0.2) is 36.4 Å². The fourth-order valence-electron chi connectivity index (χ4n) is 1.73. The van der Waals surface area contributed by atoms with Gasteiger partial charge in [-0.2, -0.15) is 0 Å². The zero-order valence-electron chi connectivity index (χ0n) is 9.77. The molecule has 0 bridgehead atoms. The number of aryl methyl sites for hydroxylation is 1. The molecule has 0 aliphatic carbocycles. The third-order valence-corrected chi connectivity index (χ3v) is 2.64. The highest BCUT2D eigenvalue weighted by Gasteiger charge is 2.08. The van der Waals surface area contributed by atoms with E-state index in [0.717, 1.165) is 16.7 Å². The van der Waals surface area contributed by atoms with Crippen molar-refractivity contribution in [3.05, 3.63) is 42.0 Å². The lowest BCUT2D eigenvalue weighted by Gasteiger charge is -2.09. The Balaban J connectivity index is 2.56. The Morgan fingerprint density at radius 2 is 1.65 bits per heavy atom. The Bertz CT molecular complexity index is 547. The third kappa shape index (κ3) is 2.18. The summed E-state index contributed by atoms with van der Waals surface area (Å²) in [5, 5.41) is 19.3. The molecule has 0 radical (unpaired) electrons. The molecule has 0 saturated carbocycles. The molecule has 88 valence electrons. The van der Waals surface area contributed by atoms with Gasteiger partial charge in [-0.25, -0.2) is 0 Å². The van der Waals surface area contributed by atoms with Gasteiger partial charge in [-0.1, -0.05) is 17.7 Å². The van der Waals surface area contributed by atoms with Gasteiger partial charge in [0.1, 0.15) is 5.75 Å². The summed E-state index contributed by atoms with van der Waals surface area (Å²) < 4.78 is 5.05. The van der Waals surface area contributed by atoms with Gasteiger partial charge in [-0.15, -0.1) is 0 Å². The molecule has 3 nitrogen and oxygen atoms in total. The van der Waals surface area contributed by atoms with E-state index in [9.17, 15) is 10.2 Å². The molecule has 0 saturated heterocycles. The zero-order valence-corrected chi connectivity index (χ0v) is 9.77. The summed E-state index contributed by atoms with van der Waals surface area (Å²) >= 11 is 0. The van der Waals surface area contributed by atoms with E-state index in [1.54, 1.807) is 24.3 Å². The van der Waals surface area contributed by atoms with Crippen LogP contribution in [0.1, 0.15) is 5.56 Å². The molecule has 0 heterocycles.